The molecular formula is C31H25F11O. The van der Waals surface area contributed by atoms with Crippen LogP contribution in [0.4, 0.5) is 48.3 Å². The molecule has 4 rings (SSSR count). The first-order chi connectivity index (χ1) is 20.1. The van der Waals surface area contributed by atoms with Crippen molar-refractivity contribution in [2.24, 2.45) is 5.92 Å². The van der Waals surface area contributed by atoms with E-state index in [0.717, 1.165) is 37.8 Å². The second-order valence-corrected chi connectivity index (χ2v) is 10.5. The van der Waals surface area contributed by atoms with Crippen LogP contribution in [0, 0.1) is 40.8 Å². The first kappa shape index (κ1) is 32.3. The summed E-state index contributed by atoms with van der Waals surface area (Å²) in [7, 11) is 0. The summed E-state index contributed by atoms with van der Waals surface area (Å²) in [6, 6.07) is 2.69. The highest BCUT2D eigenvalue weighted by atomic mass is 19.4. The Kier molecular flexibility index (Phi) is 9.46. The minimum Gasteiger partial charge on any atom is -0.429 e. The second-order valence-electron chi connectivity index (χ2n) is 10.5. The van der Waals surface area contributed by atoms with Crippen LogP contribution >= 0.6 is 0 Å². The predicted octanol–water partition coefficient (Wildman–Crippen LogP) is 11.0. The van der Waals surface area contributed by atoms with Gasteiger partial charge in [-0.3, -0.25) is 0 Å². The van der Waals surface area contributed by atoms with Gasteiger partial charge >= 0.3 is 12.3 Å². The van der Waals surface area contributed by atoms with Crippen LogP contribution in [0.15, 0.2) is 42.5 Å². The van der Waals surface area contributed by atoms with Crippen molar-refractivity contribution >= 4 is 6.08 Å². The molecule has 0 heterocycles. The minimum absolute atomic E-state index is 0.0863. The molecule has 43 heavy (non-hydrogen) atoms. The zero-order valence-corrected chi connectivity index (χ0v) is 22.6. The van der Waals surface area contributed by atoms with Crippen molar-refractivity contribution in [1.82, 2.24) is 0 Å². The largest absolute Gasteiger partial charge is 0.432 e. The lowest BCUT2D eigenvalue weighted by Gasteiger charge is -2.29. The Labute approximate surface area is 240 Å². The molecule has 0 aliphatic heterocycles. The smallest absolute Gasteiger partial charge is 0.429 e. The highest BCUT2D eigenvalue weighted by Gasteiger charge is 2.42. The Hall–Kier alpha value is -3.57. The number of hydrogen-bond acceptors (Lipinski definition) is 1. The van der Waals surface area contributed by atoms with Gasteiger partial charge < -0.3 is 4.74 Å². The summed E-state index contributed by atoms with van der Waals surface area (Å²) in [5, 5.41) is 0. The van der Waals surface area contributed by atoms with Gasteiger partial charge in [0.05, 0.1) is 5.56 Å². The van der Waals surface area contributed by atoms with Crippen molar-refractivity contribution in [1.29, 1.82) is 0 Å². The van der Waals surface area contributed by atoms with Gasteiger partial charge in [0, 0.05) is 23.8 Å². The summed E-state index contributed by atoms with van der Waals surface area (Å²) < 4.78 is 159. The molecule has 12 heteroatoms. The zero-order chi connectivity index (χ0) is 31.7. The Morgan fingerprint density at radius 3 is 1.74 bits per heavy atom. The molecule has 0 saturated heterocycles. The van der Waals surface area contributed by atoms with E-state index in [2.05, 4.69) is 11.7 Å². The normalized spacial score (nSPS) is 18.0. The number of halogens is 11. The monoisotopic (exact) mass is 622 g/mol. The number of rotatable bonds is 8. The molecule has 0 atom stereocenters. The van der Waals surface area contributed by atoms with Crippen LogP contribution < -0.4 is 4.74 Å². The molecule has 0 radical (unpaired) electrons. The molecule has 1 fully saturated rings. The van der Waals surface area contributed by atoms with E-state index in [-0.39, 0.29) is 29.7 Å². The van der Waals surface area contributed by atoms with Crippen LogP contribution in [0.25, 0.3) is 17.2 Å². The van der Waals surface area contributed by atoms with Crippen molar-refractivity contribution in [2.45, 2.75) is 63.7 Å². The fourth-order valence-corrected chi connectivity index (χ4v) is 5.45. The van der Waals surface area contributed by atoms with Crippen LogP contribution in [0.3, 0.4) is 0 Å². The lowest BCUT2D eigenvalue weighted by molar-refractivity contribution is -0.189. The van der Waals surface area contributed by atoms with E-state index in [0.29, 0.717) is 30.9 Å². The van der Waals surface area contributed by atoms with Gasteiger partial charge in [-0.15, -0.1) is 0 Å². The van der Waals surface area contributed by atoms with Crippen LogP contribution in [-0.2, 0) is 6.11 Å². The van der Waals surface area contributed by atoms with Crippen LogP contribution in [0.2, 0.25) is 0 Å². The summed E-state index contributed by atoms with van der Waals surface area (Å²) in [4.78, 5) is 0. The molecule has 1 nitrogen and oxygen atoms in total. The van der Waals surface area contributed by atoms with Gasteiger partial charge in [-0.25, -0.2) is 26.3 Å². The molecular weight excluding hydrogens is 597 g/mol. The molecule has 0 bridgehead atoms. The summed E-state index contributed by atoms with van der Waals surface area (Å²) in [6.07, 6.45) is -4.97. The van der Waals surface area contributed by atoms with Crippen molar-refractivity contribution in [3.05, 3.63) is 94.1 Å². The number of hydrogen-bond donors (Lipinski definition) is 0. The molecule has 0 aromatic heterocycles. The Morgan fingerprint density at radius 1 is 0.721 bits per heavy atom. The fraction of sp³-hybridized carbons (Fsp3) is 0.355. The minimum atomic E-state index is -4.89. The van der Waals surface area contributed by atoms with E-state index in [1.54, 1.807) is 0 Å². The molecule has 1 aliphatic carbocycles. The van der Waals surface area contributed by atoms with Crippen LogP contribution in [-0.4, -0.2) is 6.18 Å². The van der Waals surface area contributed by atoms with Gasteiger partial charge in [0.25, 0.3) is 0 Å². The molecule has 0 unspecified atom stereocenters. The average molecular weight is 623 g/mol. The van der Waals surface area contributed by atoms with Gasteiger partial charge in [-0.2, -0.15) is 22.0 Å². The first-order valence-electron chi connectivity index (χ1n) is 13.4. The number of benzene rings is 3. The van der Waals surface area contributed by atoms with E-state index in [4.69, 9.17) is 0 Å². The van der Waals surface area contributed by atoms with Crippen LogP contribution in [0.5, 0.6) is 5.75 Å². The highest BCUT2D eigenvalue weighted by molar-refractivity contribution is 5.68. The fourth-order valence-electron chi connectivity index (χ4n) is 5.45. The van der Waals surface area contributed by atoms with Gasteiger partial charge in [-0.1, -0.05) is 19.8 Å². The summed E-state index contributed by atoms with van der Waals surface area (Å²) in [5.41, 5.74) is -4.61. The molecule has 0 N–H and O–H groups in total. The standard InChI is InChI=1S/C31H25F11O/c1-2-3-16-4-6-17(7-5-16)18-10-26(36)29(27(37)11-18)31(41,42)43-20-14-24(34)28(25(35)15-20)19-12-22(32)21(23(33)13-19)8-9-30(38,39)40/h8-17H,2-7H2,1H3/b9-8+. The maximum atomic E-state index is 14.9. The van der Waals surface area contributed by atoms with Crippen LogP contribution in [0.1, 0.15) is 68.1 Å². The van der Waals surface area contributed by atoms with Gasteiger partial charge in [-0.05, 0) is 79.0 Å². The number of ether oxygens (including phenoxy) is 1. The molecule has 0 spiro atoms. The molecule has 0 amide bonds. The second kappa shape index (κ2) is 12.6. The molecule has 1 aliphatic rings. The zero-order valence-electron chi connectivity index (χ0n) is 22.6. The highest BCUT2D eigenvalue weighted by Crippen LogP contribution is 2.42. The maximum absolute atomic E-state index is 14.9. The Balaban J connectivity index is 1.58. The first-order valence-corrected chi connectivity index (χ1v) is 13.4. The number of allylic oxidation sites excluding steroid dienone is 1. The van der Waals surface area contributed by atoms with E-state index in [9.17, 15) is 48.3 Å². The number of alkyl halides is 5. The van der Waals surface area contributed by atoms with E-state index < -0.39 is 81.3 Å². The van der Waals surface area contributed by atoms with Crippen molar-refractivity contribution in [3.63, 3.8) is 0 Å². The van der Waals surface area contributed by atoms with Gasteiger partial charge in [0.2, 0.25) is 0 Å². The summed E-state index contributed by atoms with van der Waals surface area (Å²) in [6.45, 7) is 2.06. The molecule has 232 valence electrons. The van der Waals surface area contributed by atoms with E-state index in [1.165, 1.54) is 0 Å². The quantitative estimate of drug-likeness (QED) is 0.227. The Bertz CT molecular complexity index is 1430. The maximum Gasteiger partial charge on any atom is 0.432 e. The SMILES string of the molecule is CCCC1CCC(c2cc(F)c(C(F)(F)Oc3cc(F)c(-c4cc(F)c(/C=C/C(F)(F)F)c(F)c4)c(F)c3)c(F)c2)CC1. The lowest BCUT2D eigenvalue weighted by Crippen LogP contribution is -2.26. The molecule has 1 saturated carbocycles. The van der Waals surface area contributed by atoms with Gasteiger partial charge in [0.1, 0.15) is 46.2 Å². The van der Waals surface area contributed by atoms with Crippen molar-refractivity contribution in [3.8, 4) is 16.9 Å². The predicted molar refractivity (Wildman–Crippen MR) is 137 cm³/mol. The van der Waals surface area contributed by atoms with Gasteiger partial charge in [0.15, 0.2) is 0 Å². The third-order valence-electron chi connectivity index (χ3n) is 7.44. The van der Waals surface area contributed by atoms with Crippen molar-refractivity contribution < 1.29 is 53.0 Å². The molecule has 3 aromatic rings. The van der Waals surface area contributed by atoms with E-state index in [1.807, 2.05) is 0 Å². The van der Waals surface area contributed by atoms with E-state index >= 15 is 0 Å². The third-order valence-corrected chi connectivity index (χ3v) is 7.44. The topological polar surface area (TPSA) is 9.23 Å². The summed E-state index contributed by atoms with van der Waals surface area (Å²) in [5.74, 6) is -10.6. The Morgan fingerprint density at radius 2 is 1.26 bits per heavy atom. The molecule has 3 aromatic carbocycles. The average Bonchev–Trinajstić information content (AvgIpc) is 2.87. The summed E-state index contributed by atoms with van der Waals surface area (Å²) >= 11 is 0. The lowest BCUT2D eigenvalue weighted by atomic mass is 9.77. The van der Waals surface area contributed by atoms with Crippen molar-refractivity contribution in [2.75, 3.05) is 0 Å². The third kappa shape index (κ3) is 7.51.